The largest absolute Gasteiger partial charge is 0.464 e. The molecular formula is C15H14N2O4. The van der Waals surface area contributed by atoms with E-state index in [9.17, 15) is 14.7 Å². The first kappa shape index (κ1) is 14.4. The molecule has 0 fully saturated rings. The normalized spacial score (nSPS) is 9.76. The zero-order valence-corrected chi connectivity index (χ0v) is 11.3. The molecule has 0 aromatic heterocycles. The van der Waals surface area contributed by atoms with Gasteiger partial charge in [-0.2, -0.15) is 0 Å². The molecule has 6 heteroatoms. The Kier molecular flexibility index (Phi) is 4.40. The van der Waals surface area contributed by atoms with E-state index < -0.39 is 12.2 Å². The average Bonchev–Trinajstić information content (AvgIpc) is 2.48. The van der Waals surface area contributed by atoms with Crippen LogP contribution in [-0.4, -0.2) is 24.4 Å². The number of anilines is 3. The van der Waals surface area contributed by atoms with Gasteiger partial charge in [-0.1, -0.05) is 24.3 Å². The molecule has 2 aromatic rings. The molecule has 0 saturated carbocycles. The summed E-state index contributed by atoms with van der Waals surface area (Å²) in [6.45, 7) is 0. The summed E-state index contributed by atoms with van der Waals surface area (Å²) in [5.41, 5.74) is 1.38. The summed E-state index contributed by atoms with van der Waals surface area (Å²) in [6.07, 6.45) is -1.73. The maximum atomic E-state index is 11.5. The Bertz CT molecular complexity index is 643. The molecule has 6 nitrogen and oxygen atoms in total. The molecule has 0 saturated heterocycles. The van der Waals surface area contributed by atoms with Crippen LogP contribution in [-0.2, 0) is 4.74 Å². The Balaban J connectivity index is 2.36. The fraction of sp³-hybridized carbons (Fsp3) is 0.0667. The summed E-state index contributed by atoms with van der Waals surface area (Å²) in [6, 6.07) is 15.2. The van der Waals surface area contributed by atoms with Crippen molar-refractivity contribution in [3.63, 3.8) is 0 Å². The van der Waals surface area contributed by atoms with E-state index in [4.69, 9.17) is 0 Å². The predicted molar refractivity (Wildman–Crippen MR) is 79.1 cm³/mol. The summed E-state index contributed by atoms with van der Waals surface area (Å²) in [5.74, 6) is 0. The Morgan fingerprint density at radius 1 is 1.05 bits per heavy atom. The molecule has 0 unspecified atom stereocenters. The van der Waals surface area contributed by atoms with Crippen molar-refractivity contribution in [2.45, 2.75) is 0 Å². The molecule has 108 valence electrons. The molecule has 0 spiro atoms. The monoisotopic (exact) mass is 286 g/mol. The first-order valence-corrected chi connectivity index (χ1v) is 6.15. The Morgan fingerprint density at radius 3 is 2.33 bits per heavy atom. The minimum Gasteiger partial charge on any atom is -0.464 e. The topological polar surface area (TPSA) is 78.9 Å². The summed E-state index contributed by atoms with van der Waals surface area (Å²) < 4.78 is 4.51. The van der Waals surface area contributed by atoms with Crippen LogP contribution in [0.4, 0.5) is 26.7 Å². The van der Waals surface area contributed by atoms with Gasteiger partial charge < -0.3 is 9.84 Å². The van der Waals surface area contributed by atoms with Crippen molar-refractivity contribution in [1.82, 2.24) is 0 Å². The molecule has 2 rings (SSSR count). The summed E-state index contributed by atoms with van der Waals surface area (Å²) in [5, 5.41) is 11.9. The minimum atomic E-state index is -1.11. The molecule has 2 amide bonds. The second-order valence-corrected chi connectivity index (χ2v) is 4.12. The van der Waals surface area contributed by atoms with Crippen LogP contribution in [0.15, 0.2) is 54.6 Å². The van der Waals surface area contributed by atoms with Gasteiger partial charge in [0.25, 0.3) is 0 Å². The lowest BCUT2D eigenvalue weighted by atomic mass is 10.2. The number of ether oxygens (including phenoxy) is 1. The van der Waals surface area contributed by atoms with Gasteiger partial charge in [-0.3, -0.25) is 5.32 Å². The van der Waals surface area contributed by atoms with Gasteiger partial charge in [0.2, 0.25) is 0 Å². The fourth-order valence-corrected chi connectivity index (χ4v) is 1.84. The SMILES string of the molecule is COC(=O)Nc1cccc(N(C(=O)O)c2ccccc2)c1. The zero-order valence-electron chi connectivity index (χ0n) is 11.3. The number of carboxylic acid groups (broad SMARTS) is 1. The van der Waals surface area contributed by atoms with E-state index in [1.807, 2.05) is 0 Å². The van der Waals surface area contributed by atoms with Gasteiger partial charge >= 0.3 is 12.2 Å². The van der Waals surface area contributed by atoms with Gasteiger partial charge in [0.15, 0.2) is 0 Å². The van der Waals surface area contributed by atoms with Gasteiger partial charge in [0.05, 0.1) is 18.5 Å². The van der Waals surface area contributed by atoms with E-state index in [1.54, 1.807) is 54.6 Å². The highest BCUT2D eigenvalue weighted by atomic mass is 16.5. The molecule has 0 aliphatic rings. The van der Waals surface area contributed by atoms with Crippen LogP contribution in [0.5, 0.6) is 0 Å². The smallest absolute Gasteiger partial charge is 0.416 e. The van der Waals surface area contributed by atoms with Crippen molar-refractivity contribution in [2.24, 2.45) is 0 Å². The van der Waals surface area contributed by atoms with Gasteiger partial charge in [0, 0.05) is 5.69 Å². The Hall–Kier alpha value is -3.02. The number of carbonyl (C=O) groups is 2. The van der Waals surface area contributed by atoms with E-state index in [-0.39, 0.29) is 0 Å². The predicted octanol–water partition coefficient (Wildman–Crippen LogP) is 3.68. The van der Waals surface area contributed by atoms with Gasteiger partial charge in [0.1, 0.15) is 0 Å². The highest BCUT2D eigenvalue weighted by molar-refractivity contribution is 5.96. The second kappa shape index (κ2) is 6.42. The van der Waals surface area contributed by atoms with Crippen LogP contribution in [0.2, 0.25) is 0 Å². The molecule has 0 bridgehead atoms. The van der Waals surface area contributed by atoms with E-state index in [1.165, 1.54) is 7.11 Å². The standard InChI is InChI=1S/C15H14N2O4/c1-21-14(18)16-11-6-5-9-13(10-11)17(15(19)20)12-7-3-2-4-8-12/h2-10H,1H3,(H,16,18)(H,19,20). The number of hydrogen-bond donors (Lipinski definition) is 2. The maximum Gasteiger partial charge on any atom is 0.416 e. The number of amides is 2. The first-order valence-electron chi connectivity index (χ1n) is 6.15. The Morgan fingerprint density at radius 2 is 1.71 bits per heavy atom. The van der Waals surface area contributed by atoms with Crippen LogP contribution in [0.3, 0.4) is 0 Å². The van der Waals surface area contributed by atoms with E-state index in [2.05, 4.69) is 10.1 Å². The summed E-state index contributed by atoms with van der Waals surface area (Å²) in [4.78, 5) is 23.8. The highest BCUT2D eigenvalue weighted by Crippen LogP contribution is 2.27. The second-order valence-electron chi connectivity index (χ2n) is 4.12. The molecule has 0 radical (unpaired) electrons. The van der Waals surface area contributed by atoms with Gasteiger partial charge in [-0.05, 0) is 30.3 Å². The van der Waals surface area contributed by atoms with Crippen molar-refractivity contribution in [1.29, 1.82) is 0 Å². The summed E-state index contributed by atoms with van der Waals surface area (Å²) >= 11 is 0. The molecule has 0 aliphatic carbocycles. The van der Waals surface area contributed by atoms with Crippen molar-refractivity contribution in [3.8, 4) is 0 Å². The van der Waals surface area contributed by atoms with Crippen LogP contribution in [0.25, 0.3) is 0 Å². The van der Waals surface area contributed by atoms with Gasteiger partial charge in [-0.25, -0.2) is 14.5 Å². The fourth-order valence-electron chi connectivity index (χ4n) is 1.84. The van der Waals surface area contributed by atoms with Crippen LogP contribution >= 0.6 is 0 Å². The lowest BCUT2D eigenvalue weighted by molar-refractivity contribution is 0.187. The highest BCUT2D eigenvalue weighted by Gasteiger charge is 2.17. The average molecular weight is 286 g/mol. The number of nitrogens with zero attached hydrogens (tertiary/aromatic N) is 1. The quantitative estimate of drug-likeness (QED) is 0.902. The van der Waals surface area contributed by atoms with E-state index >= 15 is 0 Å². The lowest BCUT2D eigenvalue weighted by Crippen LogP contribution is -2.23. The number of benzene rings is 2. The third-order valence-electron chi connectivity index (χ3n) is 2.74. The number of carbonyl (C=O) groups excluding carboxylic acids is 1. The van der Waals surface area contributed by atoms with E-state index in [0.717, 1.165) is 4.90 Å². The van der Waals surface area contributed by atoms with Gasteiger partial charge in [-0.15, -0.1) is 0 Å². The minimum absolute atomic E-state index is 0.419. The summed E-state index contributed by atoms with van der Waals surface area (Å²) in [7, 11) is 1.26. The number of nitrogens with one attached hydrogen (secondary N) is 1. The Labute approximate surface area is 121 Å². The van der Waals surface area contributed by atoms with Crippen molar-refractivity contribution >= 4 is 29.2 Å². The van der Waals surface area contributed by atoms with Crippen molar-refractivity contribution in [2.75, 3.05) is 17.3 Å². The van der Waals surface area contributed by atoms with Crippen LogP contribution < -0.4 is 10.2 Å². The van der Waals surface area contributed by atoms with Crippen molar-refractivity contribution in [3.05, 3.63) is 54.6 Å². The van der Waals surface area contributed by atoms with Crippen LogP contribution in [0, 0.1) is 0 Å². The van der Waals surface area contributed by atoms with E-state index in [0.29, 0.717) is 17.1 Å². The third kappa shape index (κ3) is 3.50. The molecule has 2 N–H and O–H groups in total. The molecule has 0 aliphatic heterocycles. The lowest BCUT2D eigenvalue weighted by Gasteiger charge is -2.20. The van der Waals surface area contributed by atoms with Crippen molar-refractivity contribution < 1.29 is 19.4 Å². The molecular weight excluding hydrogens is 272 g/mol. The maximum absolute atomic E-state index is 11.5. The molecule has 0 heterocycles. The molecule has 21 heavy (non-hydrogen) atoms. The molecule has 2 aromatic carbocycles. The molecule has 0 atom stereocenters. The number of rotatable bonds is 3. The zero-order chi connectivity index (χ0) is 15.2. The van der Waals surface area contributed by atoms with Crippen LogP contribution in [0.1, 0.15) is 0 Å². The number of para-hydroxylation sites is 1. The third-order valence-corrected chi connectivity index (χ3v) is 2.74. The number of hydrogen-bond acceptors (Lipinski definition) is 3. The first-order chi connectivity index (χ1) is 10.1. The number of methoxy groups -OCH3 is 1.